The SMILES string of the molecule is Fc1cccc([C@H]2CCCN2)c1Cl. The van der Waals surface area contributed by atoms with Crippen LogP contribution in [0.25, 0.3) is 0 Å². The average Bonchev–Trinajstić information content (AvgIpc) is 2.62. The van der Waals surface area contributed by atoms with Crippen LogP contribution < -0.4 is 5.32 Å². The summed E-state index contributed by atoms with van der Waals surface area (Å²) in [4.78, 5) is 0. The van der Waals surface area contributed by atoms with Gasteiger partial charge >= 0.3 is 0 Å². The van der Waals surface area contributed by atoms with E-state index < -0.39 is 0 Å². The lowest BCUT2D eigenvalue weighted by Gasteiger charge is -2.12. The summed E-state index contributed by atoms with van der Waals surface area (Å²) in [5.74, 6) is -0.326. The molecular weight excluding hydrogens is 189 g/mol. The van der Waals surface area contributed by atoms with Gasteiger partial charge in [0.05, 0.1) is 5.02 Å². The Morgan fingerprint density at radius 1 is 1.46 bits per heavy atom. The maximum atomic E-state index is 13.1. The van der Waals surface area contributed by atoms with Gasteiger partial charge in [0.1, 0.15) is 5.82 Å². The van der Waals surface area contributed by atoms with E-state index in [4.69, 9.17) is 11.6 Å². The third kappa shape index (κ3) is 1.69. The summed E-state index contributed by atoms with van der Waals surface area (Å²) >= 11 is 5.86. The van der Waals surface area contributed by atoms with Crippen LogP contribution in [0.5, 0.6) is 0 Å². The van der Waals surface area contributed by atoms with Crippen LogP contribution in [-0.4, -0.2) is 6.54 Å². The Balaban J connectivity index is 2.33. The van der Waals surface area contributed by atoms with E-state index in [0.717, 1.165) is 24.9 Å². The molecule has 1 atom stereocenters. The van der Waals surface area contributed by atoms with Gasteiger partial charge in [0, 0.05) is 6.04 Å². The van der Waals surface area contributed by atoms with Crippen molar-refractivity contribution in [1.82, 2.24) is 5.32 Å². The molecule has 0 saturated carbocycles. The quantitative estimate of drug-likeness (QED) is 0.734. The fourth-order valence-electron chi connectivity index (χ4n) is 1.74. The third-order valence-corrected chi connectivity index (χ3v) is 2.82. The molecule has 0 bridgehead atoms. The van der Waals surface area contributed by atoms with E-state index in [1.807, 2.05) is 6.07 Å². The van der Waals surface area contributed by atoms with Crippen LogP contribution in [0.2, 0.25) is 5.02 Å². The molecule has 0 aromatic heterocycles. The van der Waals surface area contributed by atoms with Gasteiger partial charge < -0.3 is 5.32 Å². The highest BCUT2D eigenvalue weighted by Crippen LogP contribution is 2.30. The van der Waals surface area contributed by atoms with Crippen LogP contribution in [0.1, 0.15) is 24.4 Å². The smallest absolute Gasteiger partial charge is 0.142 e. The van der Waals surface area contributed by atoms with Crippen LogP contribution in [0, 0.1) is 5.82 Å². The lowest BCUT2D eigenvalue weighted by Crippen LogP contribution is -2.13. The Morgan fingerprint density at radius 3 is 3.00 bits per heavy atom. The number of halogens is 2. The lowest BCUT2D eigenvalue weighted by atomic mass is 10.1. The van der Waals surface area contributed by atoms with Gasteiger partial charge in [0.2, 0.25) is 0 Å². The summed E-state index contributed by atoms with van der Waals surface area (Å²) in [6.45, 7) is 0.998. The van der Waals surface area contributed by atoms with E-state index in [0.29, 0.717) is 0 Å². The molecule has 1 aliphatic rings. The molecule has 0 spiro atoms. The molecule has 0 unspecified atom stereocenters. The number of nitrogens with one attached hydrogen (secondary N) is 1. The fraction of sp³-hybridized carbons (Fsp3) is 0.400. The van der Waals surface area contributed by atoms with E-state index in [-0.39, 0.29) is 16.9 Å². The molecule has 0 amide bonds. The standard InChI is InChI=1S/C10H11ClFN/c11-10-7(3-1-4-8(10)12)9-5-2-6-13-9/h1,3-4,9,13H,2,5-6H2/t9-/m1/s1. The van der Waals surface area contributed by atoms with Crippen molar-refractivity contribution in [2.24, 2.45) is 0 Å². The molecule has 1 fully saturated rings. The lowest BCUT2D eigenvalue weighted by molar-refractivity contribution is 0.607. The number of hydrogen-bond donors (Lipinski definition) is 1. The maximum absolute atomic E-state index is 13.1. The molecule has 1 nitrogen and oxygen atoms in total. The summed E-state index contributed by atoms with van der Waals surface area (Å²) < 4.78 is 13.1. The highest BCUT2D eigenvalue weighted by atomic mass is 35.5. The van der Waals surface area contributed by atoms with Gasteiger partial charge in [-0.15, -0.1) is 0 Å². The van der Waals surface area contributed by atoms with Crippen molar-refractivity contribution in [3.05, 3.63) is 34.6 Å². The van der Waals surface area contributed by atoms with E-state index in [1.54, 1.807) is 6.07 Å². The first-order valence-corrected chi connectivity index (χ1v) is 4.84. The van der Waals surface area contributed by atoms with E-state index in [9.17, 15) is 4.39 Å². The van der Waals surface area contributed by atoms with Crippen LogP contribution in [0.3, 0.4) is 0 Å². The third-order valence-electron chi connectivity index (χ3n) is 2.42. The molecule has 1 saturated heterocycles. The zero-order chi connectivity index (χ0) is 9.26. The monoisotopic (exact) mass is 199 g/mol. The zero-order valence-corrected chi connectivity index (χ0v) is 7.94. The fourth-order valence-corrected chi connectivity index (χ4v) is 2.00. The predicted molar refractivity (Wildman–Crippen MR) is 51.4 cm³/mol. The van der Waals surface area contributed by atoms with Gasteiger partial charge in [-0.3, -0.25) is 0 Å². The van der Waals surface area contributed by atoms with E-state index in [2.05, 4.69) is 5.32 Å². The minimum absolute atomic E-state index is 0.239. The van der Waals surface area contributed by atoms with Crippen molar-refractivity contribution < 1.29 is 4.39 Å². The normalized spacial score (nSPS) is 22.2. The molecule has 3 heteroatoms. The van der Waals surface area contributed by atoms with Crippen molar-refractivity contribution in [1.29, 1.82) is 0 Å². The van der Waals surface area contributed by atoms with Gasteiger partial charge in [0.15, 0.2) is 0 Å². The highest BCUT2D eigenvalue weighted by molar-refractivity contribution is 6.31. The number of hydrogen-bond acceptors (Lipinski definition) is 1. The first-order chi connectivity index (χ1) is 6.29. The van der Waals surface area contributed by atoms with E-state index >= 15 is 0 Å². The first-order valence-electron chi connectivity index (χ1n) is 4.46. The van der Waals surface area contributed by atoms with Crippen LogP contribution in [-0.2, 0) is 0 Å². The summed E-state index contributed by atoms with van der Waals surface area (Å²) in [5, 5.41) is 3.56. The molecule has 1 aromatic rings. The van der Waals surface area contributed by atoms with Gasteiger partial charge in [-0.2, -0.15) is 0 Å². The minimum atomic E-state index is -0.326. The van der Waals surface area contributed by atoms with Crippen LogP contribution in [0.15, 0.2) is 18.2 Å². The molecular formula is C10H11ClFN. The van der Waals surface area contributed by atoms with Crippen molar-refractivity contribution in [2.75, 3.05) is 6.54 Å². The van der Waals surface area contributed by atoms with Crippen LogP contribution >= 0.6 is 11.6 Å². The van der Waals surface area contributed by atoms with Crippen molar-refractivity contribution >= 4 is 11.6 Å². The zero-order valence-electron chi connectivity index (χ0n) is 7.19. The second-order valence-corrected chi connectivity index (χ2v) is 3.67. The van der Waals surface area contributed by atoms with Gasteiger partial charge in [0.25, 0.3) is 0 Å². The van der Waals surface area contributed by atoms with Crippen molar-refractivity contribution in [3.8, 4) is 0 Å². The topological polar surface area (TPSA) is 12.0 Å². The minimum Gasteiger partial charge on any atom is -0.310 e. The molecule has 1 aromatic carbocycles. The van der Waals surface area contributed by atoms with Gasteiger partial charge in [-0.25, -0.2) is 4.39 Å². The second kappa shape index (κ2) is 3.64. The summed E-state index contributed by atoms with van der Waals surface area (Å²) in [5.41, 5.74) is 0.888. The Labute approximate surface area is 81.9 Å². The molecule has 1 heterocycles. The molecule has 13 heavy (non-hydrogen) atoms. The summed E-state index contributed by atoms with van der Waals surface area (Å²) in [6, 6.07) is 5.22. The Bertz CT molecular complexity index is 308. The molecule has 1 aliphatic heterocycles. The second-order valence-electron chi connectivity index (χ2n) is 3.29. The molecule has 70 valence electrons. The molecule has 0 aliphatic carbocycles. The van der Waals surface area contributed by atoms with Crippen molar-refractivity contribution in [2.45, 2.75) is 18.9 Å². The molecule has 1 N–H and O–H groups in total. The average molecular weight is 200 g/mol. The largest absolute Gasteiger partial charge is 0.310 e. The Kier molecular flexibility index (Phi) is 2.51. The molecule has 2 rings (SSSR count). The van der Waals surface area contributed by atoms with Crippen molar-refractivity contribution in [3.63, 3.8) is 0 Å². The van der Waals surface area contributed by atoms with Crippen LogP contribution in [0.4, 0.5) is 4.39 Å². The highest BCUT2D eigenvalue weighted by Gasteiger charge is 2.19. The Hall–Kier alpha value is -0.600. The number of rotatable bonds is 1. The first kappa shape index (κ1) is 8.97. The summed E-state index contributed by atoms with van der Waals surface area (Å²) in [7, 11) is 0. The summed E-state index contributed by atoms with van der Waals surface area (Å²) in [6.07, 6.45) is 2.18. The van der Waals surface area contributed by atoms with E-state index in [1.165, 1.54) is 6.07 Å². The predicted octanol–water partition coefficient (Wildman–Crippen LogP) is 2.90. The number of benzene rings is 1. The molecule has 0 radical (unpaired) electrons. The maximum Gasteiger partial charge on any atom is 0.142 e. The van der Waals surface area contributed by atoms with Gasteiger partial charge in [-0.1, -0.05) is 23.7 Å². The Morgan fingerprint density at radius 2 is 2.31 bits per heavy atom. The van der Waals surface area contributed by atoms with Gasteiger partial charge in [-0.05, 0) is 31.0 Å².